The monoisotopic (exact) mass is 285 g/mol. The molecule has 0 aliphatic heterocycles. The smallest absolute Gasteiger partial charge is 0.336 e. The van der Waals surface area contributed by atoms with Gasteiger partial charge in [0, 0.05) is 4.90 Å². The Hall–Kier alpha value is -2.34. The van der Waals surface area contributed by atoms with Crippen molar-refractivity contribution in [1.29, 1.82) is 0 Å². The SMILES string of the molecule is Cc1cc(Sc2ccccc2C(=O)O)n2ncnc2c1. The molecular weight excluding hydrogens is 274 g/mol. The zero-order chi connectivity index (χ0) is 14.1. The average molecular weight is 285 g/mol. The highest BCUT2D eigenvalue weighted by atomic mass is 32.2. The molecule has 2 heterocycles. The average Bonchev–Trinajstić information content (AvgIpc) is 2.87. The fraction of sp³-hybridized carbons (Fsp3) is 0.0714. The second kappa shape index (κ2) is 4.97. The maximum Gasteiger partial charge on any atom is 0.336 e. The van der Waals surface area contributed by atoms with E-state index < -0.39 is 5.97 Å². The van der Waals surface area contributed by atoms with Crippen LogP contribution < -0.4 is 0 Å². The van der Waals surface area contributed by atoms with E-state index in [1.807, 2.05) is 25.1 Å². The van der Waals surface area contributed by atoms with E-state index >= 15 is 0 Å². The van der Waals surface area contributed by atoms with Crippen LogP contribution in [0.2, 0.25) is 0 Å². The van der Waals surface area contributed by atoms with E-state index in [0.29, 0.717) is 4.90 Å². The Balaban J connectivity index is 2.10. The van der Waals surface area contributed by atoms with Gasteiger partial charge in [0.25, 0.3) is 0 Å². The van der Waals surface area contributed by atoms with Crippen molar-refractivity contribution in [3.05, 3.63) is 53.9 Å². The first-order valence-corrected chi connectivity index (χ1v) is 6.77. The van der Waals surface area contributed by atoms with Crippen molar-refractivity contribution < 1.29 is 9.90 Å². The molecule has 100 valence electrons. The fourth-order valence-corrected chi connectivity index (χ4v) is 3.05. The molecule has 3 aromatic rings. The molecule has 6 heteroatoms. The molecule has 0 radical (unpaired) electrons. The molecule has 20 heavy (non-hydrogen) atoms. The number of carboxylic acid groups (broad SMARTS) is 1. The molecule has 0 bridgehead atoms. The third-order valence-corrected chi connectivity index (χ3v) is 3.90. The molecular formula is C14H11N3O2S. The first kappa shape index (κ1) is 12.7. The van der Waals surface area contributed by atoms with E-state index in [-0.39, 0.29) is 5.56 Å². The quantitative estimate of drug-likeness (QED) is 0.801. The molecule has 0 aliphatic rings. The van der Waals surface area contributed by atoms with Crippen molar-refractivity contribution >= 4 is 23.4 Å². The van der Waals surface area contributed by atoms with Crippen molar-refractivity contribution in [3.8, 4) is 0 Å². The Bertz CT molecular complexity index is 798. The van der Waals surface area contributed by atoms with Crippen molar-refractivity contribution in [2.24, 2.45) is 0 Å². The summed E-state index contributed by atoms with van der Waals surface area (Å²) in [7, 11) is 0. The van der Waals surface area contributed by atoms with Gasteiger partial charge in [-0.25, -0.2) is 14.3 Å². The minimum Gasteiger partial charge on any atom is -0.478 e. The molecule has 0 fully saturated rings. The summed E-state index contributed by atoms with van der Waals surface area (Å²) in [5, 5.41) is 14.2. The topological polar surface area (TPSA) is 67.5 Å². The molecule has 2 aromatic heterocycles. The molecule has 1 aromatic carbocycles. The molecule has 0 amide bonds. The lowest BCUT2D eigenvalue weighted by Crippen LogP contribution is -1.99. The van der Waals surface area contributed by atoms with Gasteiger partial charge in [-0.2, -0.15) is 5.10 Å². The number of benzene rings is 1. The second-order valence-corrected chi connectivity index (χ2v) is 5.37. The standard InChI is InChI=1S/C14H11N3O2S/c1-9-6-12-15-8-16-17(12)13(7-9)20-11-5-3-2-4-10(11)14(18)19/h2-8H,1H3,(H,18,19). The number of hydrogen-bond donors (Lipinski definition) is 1. The van der Waals surface area contributed by atoms with Gasteiger partial charge in [0.15, 0.2) is 5.65 Å². The third-order valence-electron chi connectivity index (χ3n) is 2.82. The maximum atomic E-state index is 11.2. The Kier molecular flexibility index (Phi) is 3.15. The third kappa shape index (κ3) is 2.25. The predicted octanol–water partition coefficient (Wildman–Crippen LogP) is 2.89. The summed E-state index contributed by atoms with van der Waals surface area (Å²) in [5.74, 6) is -0.935. The van der Waals surface area contributed by atoms with Crippen molar-refractivity contribution in [3.63, 3.8) is 0 Å². The Morgan fingerprint density at radius 3 is 2.90 bits per heavy atom. The molecule has 0 saturated carbocycles. The minimum absolute atomic E-state index is 0.285. The summed E-state index contributed by atoms with van der Waals surface area (Å²) >= 11 is 1.37. The summed E-state index contributed by atoms with van der Waals surface area (Å²) in [5.41, 5.74) is 2.09. The number of carboxylic acids is 1. The Labute approximate surface area is 119 Å². The first-order chi connectivity index (χ1) is 9.65. The highest BCUT2D eigenvalue weighted by Gasteiger charge is 2.12. The maximum absolute atomic E-state index is 11.2. The largest absolute Gasteiger partial charge is 0.478 e. The summed E-state index contributed by atoms with van der Waals surface area (Å²) in [6, 6.07) is 10.8. The lowest BCUT2D eigenvalue weighted by Gasteiger charge is -2.07. The van der Waals surface area contributed by atoms with Gasteiger partial charge in [0.05, 0.1) is 5.56 Å². The predicted molar refractivity (Wildman–Crippen MR) is 75.2 cm³/mol. The lowest BCUT2D eigenvalue weighted by atomic mass is 10.2. The van der Waals surface area contributed by atoms with Crippen LogP contribution in [0.3, 0.4) is 0 Å². The lowest BCUT2D eigenvalue weighted by molar-refractivity contribution is 0.0693. The molecule has 0 unspecified atom stereocenters. The van der Waals surface area contributed by atoms with Gasteiger partial charge in [-0.15, -0.1) is 0 Å². The van der Waals surface area contributed by atoms with E-state index in [9.17, 15) is 9.90 Å². The number of fused-ring (bicyclic) bond motifs is 1. The number of rotatable bonds is 3. The van der Waals surface area contributed by atoms with Crippen LogP contribution in [0.15, 0.2) is 52.6 Å². The summed E-state index contributed by atoms with van der Waals surface area (Å²) < 4.78 is 1.70. The molecule has 0 spiro atoms. The number of carbonyl (C=O) groups is 1. The second-order valence-electron chi connectivity index (χ2n) is 4.30. The molecule has 1 N–H and O–H groups in total. The van der Waals surface area contributed by atoms with E-state index in [1.54, 1.807) is 22.7 Å². The van der Waals surface area contributed by atoms with Gasteiger partial charge in [0.1, 0.15) is 11.4 Å². The Morgan fingerprint density at radius 1 is 1.30 bits per heavy atom. The van der Waals surface area contributed by atoms with Crippen LogP contribution in [0.1, 0.15) is 15.9 Å². The summed E-state index contributed by atoms with van der Waals surface area (Å²) in [4.78, 5) is 16.1. The number of hydrogen-bond acceptors (Lipinski definition) is 4. The highest BCUT2D eigenvalue weighted by molar-refractivity contribution is 7.99. The van der Waals surface area contributed by atoms with Crippen molar-refractivity contribution in [1.82, 2.24) is 14.6 Å². The van der Waals surface area contributed by atoms with Crippen LogP contribution in [-0.2, 0) is 0 Å². The van der Waals surface area contributed by atoms with Gasteiger partial charge < -0.3 is 5.11 Å². The van der Waals surface area contributed by atoms with Crippen LogP contribution in [0.25, 0.3) is 5.65 Å². The minimum atomic E-state index is -0.935. The zero-order valence-electron chi connectivity index (χ0n) is 10.6. The van der Waals surface area contributed by atoms with Gasteiger partial charge in [-0.3, -0.25) is 0 Å². The van der Waals surface area contributed by atoms with Crippen molar-refractivity contribution in [2.45, 2.75) is 16.8 Å². The molecule has 0 aliphatic carbocycles. The van der Waals surface area contributed by atoms with E-state index in [2.05, 4.69) is 10.1 Å². The van der Waals surface area contributed by atoms with Crippen LogP contribution in [0.4, 0.5) is 0 Å². The molecule has 3 rings (SSSR count). The van der Waals surface area contributed by atoms with E-state index in [1.165, 1.54) is 18.1 Å². The van der Waals surface area contributed by atoms with Gasteiger partial charge in [-0.05, 0) is 36.8 Å². The van der Waals surface area contributed by atoms with Gasteiger partial charge in [-0.1, -0.05) is 23.9 Å². The number of nitrogens with zero attached hydrogens (tertiary/aromatic N) is 3. The summed E-state index contributed by atoms with van der Waals surface area (Å²) in [6.07, 6.45) is 1.49. The number of aromatic carboxylic acids is 1. The molecule has 0 saturated heterocycles. The number of pyridine rings is 1. The normalized spacial score (nSPS) is 10.8. The zero-order valence-corrected chi connectivity index (χ0v) is 11.5. The van der Waals surface area contributed by atoms with Crippen molar-refractivity contribution in [2.75, 3.05) is 0 Å². The van der Waals surface area contributed by atoms with Gasteiger partial charge in [0.2, 0.25) is 0 Å². The van der Waals surface area contributed by atoms with Crippen LogP contribution in [-0.4, -0.2) is 25.7 Å². The van der Waals surface area contributed by atoms with E-state index in [4.69, 9.17) is 0 Å². The highest BCUT2D eigenvalue weighted by Crippen LogP contribution is 2.31. The van der Waals surface area contributed by atoms with Crippen LogP contribution in [0, 0.1) is 6.92 Å². The first-order valence-electron chi connectivity index (χ1n) is 5.96. The van der Waals surface area contributed by atoms with E-state index in [0.717, 1.165) is 16.2 Å². The molecule has 5 nitrogen and oxygen atoms in total. The summed E-state index contributed by atoms with van der Waals surface area (Å²) in [6.45, 7) is 1.97. The van der Waals surface area contributed by atoms with Crippen LogP contribution in [0.5, 0.6) is 0 Å². The Morgan fingerprint density at radius 2 is 2.10 bits per heavy atom. The van der Waals surface area contributed by atoms with Gasteiger partial charge >= 0.3 is 5.97 Å². The van der Waals surface area contributed by atoms with Crippen LogP contribution >= 0.6 is 11.8 Å². The molecule has 0 atom stereocenters. The number of aromatic nitrogens is 3. The fourth-order valence-electron chi connectivity index (χ4n) is 1.94. The number of aryl methyl sites for hydroxylation is 1.